The summed E-state index contributed by atoms with van der Waals surface area (Å²) in [6.45, 7) is -0.0789. The quantitative estimate of drug-likeness (QED) is 0.623. The number of esters is 1. The Kier molecular flexibility index (Phi) is 3.96. The van der Waals surface area contributed by atoms with E-state index < -0.39 is 27.3 Å². The van der Waals surface area contributed by atoms with Gasteiger partial charge in [-0.3, -0.25) is 0 Å². The van der Waals surface area contributed by atoms with Crippen LogP contribution in [0.25, 0.3) is 0 Å². The molecule has 0 amide bonds. The van der Waals surface area contributed by atoms with Gasteiger partial charge < -0.3 is 9.47 Å². The molecule has 1 heterocycles. The molecule has 0 aromatic heterocycles. The summed E-state index contributed by atoms with van der Waals surface area (Å²) < 4.78 is 34.8. The Hall–Kier alpha value is -2.18. The van der Waals surface area contributed by atoms with Crippen molar-refractivity contribution in [3.63, 3.8) is 0 Å². The first-order valence-corrected chi connectivity index (χ1v) is 8.30. The third kappa shape index (κ3) is 3.03. The molecule has 0 N–H and O–H groups in total. The second-order valence-electron chi connectivity index (χ2n) is 4.87. The highest BCUT2D eigenvalue weighted by Crippen LogP contribution is 2.32. The van der Waals surface area contributed by atoms with Crippen LogP contribution in [-0.2, 0) is 19.3 Å². The number of hydrogen-bond donors (Lipinski definition) is 0. The molecule has 0 bridgehead atoms. The lowest BCUT2D eigenvalue weighted by atomic mass is 10.2. The molecule has 2 atom stereocenters. The van der Waals surface area contributed by atoms with Crippen LogP contribution >= 0.6 is 0 Å². The monoisotopic (exact) mass is 318 g/mol. The van der Waals surface area contributed by atoms with Crippen molar-refractivity contribution in [2.45, 2.75) is 16.4 Å². The predicted octanol–water partition coefficient (Wildman–Crippen LogP) is 2.04. The Morgan fingerprint density at radius 1 is 1.00 bits per heavy atom. The van der Waals surface area contributed by atoms with Crippen molar-refractivity contribution >= 4 is 15.8 Å². The molecule has 0 aliphatic carbocycles. The maximum Gasteiger partial charge on any atom is 0.338 e. The number of carbonyl (C=O) groups excluding carboxylic acids is 1. The molecule has 22 heavy (non-hydrogen) atoms. The van der Waals surface area contributed by atoms with Crippen molar-refractivity contribution in [1.29, 1.82) is 0 Å². The van der Waals surface area contributed by atoms with Crippen molar-refractivity contribution in [3.8, 4) is 0 Å². The molecule has 0 radical (unpaired) electrons. The molecule has 1 aliphatic rings. The smallest absolute Gasteiger partial charge is 0.338 e. The molecule has 2 aromatic carbocycles. The fourth-order valence-corrected chi connectivity index (χ4v) is 3.65. The van der Waals surface area contributed by atoms with E-state index in [-0.39, 0.29) is 11.5 Å². The van der Waals surface area contributed by atoms with Crippen molar-refractivity contribution in [2.24, 2.45) is 0 Å². The van der Waals surface area contributed by atoms with Gasteiger partial charge in [0, 0.05) is 0 Å². The molecule has 1 saturated heterocycles. The van der Waals surface area contributed by atoms with E-state index in [9.17, 15) is 13.2 Å². The highest BCUT2D eigenvalue weighted by molar-refractivity contribution is 7.92. The van der Waals surface area contributed by atoms with Crippen LogP contribution in [0, 0.1) is 0 Å². The molecule has 1 aliphatic heterocycles. The van der Waals surface area contributed by atoms with Crippen molar-refractivity contribution in [2.75, 3.05) is 6.61 Å². The normalized spacial score (nSPS) is 20.4. The van der Waals surface area contributed by atoms with Crippen LogP contribution in [0.1, 0.15) is 10.4 Å². The minimum Gasteiger partial charge on any atom is -0.459 e. The Morgan fingerprint density at radius 3 is 2.23 bits per heavy atom. The Labute approximate surface area is 128 Å². The van der Waals surface area contributed by atoms with Gasteiger partial charge in [-0.25, -0.2) is 13.2 Å². The lowest BCUT2D eigenvalue weighted by Gasteiger charge is -2.03. The predicted molar refractivity (Wildman–Crippen MR) is 79.0 cm³/mol. The first-order valence-electron chi connectivity index (χ1n) is 6.75. The summed E-state index contributed by atoms with van der Waals surface area (Å²) in [5.74, 6) is -0.494. The number of hydrogen-bond acceptors (Lipinski definition) is 5. The van der Waals surface area contributed by atoms with E-state index in [0.29, 0.717) is 5.56 Å². The molecule has 0 unspecified atom stereocenters. The van der Waals surface area contributed by atoms with Crippen LogP contribution in [0.5, 0.6) is 0 Å². The maximum atomic E-state index is 12.3. The van der Waals surface area contributed by atoms with Gasteiger partial charge in [-0.15, -0.1) is 0 Å². The Balaban J connectivity index is 1.58. The lowest BCUT2D eigenvalue weighted by Crippen LogP contribution is -2.16. The molecule has 6 heteroatoms. The summed E-state index contributed by atoms with van der Waals surface area (Å²) >= 11 is 0. The zero-order valence-corrected chi connectivity index (χ0v) is 12.4. The summed E-state index contributed by atoms with van der Waals surface area (Å²) in [5.41, 5.74) is -0.524. The van der Waals surface area contributed by atoms with Gasteiger partial charge in [0.05, 0.1) is 10.5 Å². The standard InChI is InChI=1S/C16H14O5S/c17-15(12-7-3-1-4-8-12)20-11-14-16(21-14)22(18,19)13-9-5-2-6-10-13/h1-10,14,16H,11H2/t14-,16-/m1/s1. The van der Waals surface area contributed by atoms with Crippen LogP contribution in [-0.4, -0.2) is 32.5 Å². The molecule has 1 fully saturated rings. The Morgan fingerprint density at radius 2 is 1.59 bits per heavy atom. The third-order valence-electron chi connectivity index (χ3n) is 3.30. The number of carbonyl (C=O) groups is 1. The SMILES string of the molecule is O=C(OC[C@H]1O[C@@H]1S(=O)(=O)c1ccccc1)c1ccccc1. The summed E-state index contributed by atoms with van der Waals surface area (Å²) in [6.07, 6.45) is -0.613. The van der Waals surface area contributed by atoms with Gasteiger partial charge in [-0.1, -0.05) is 36.4 Å². The fraction of sp³-hybridized carbons (Fsp3) is 0.188. The molecule has 0 saturated carbocycles. The third-order valence-corrected chi connectivity index (χ3v) is 5.26. The molecule has 3 rings (SSSR count). The number of sulfone groups is 1. The van der Waals surface area contributed by atoms with Crippen LogP contribution < -0.4 is 0 Å². The van der Waals surface area contributed by atoms with Gasteiger partial charge in [-0.05, 0) is 24.3 Å². The zero-order valence-electron chi connectivity index (χ0n) is 11.6. The average Bonchev–Trinajstić information content (AvgIpc) is 3.35. The highest BCUT2D eigenvalue weighted by Gasteiger charge is 2.50. The number of epoxide rings is 1. The zero-order chi connectivity index (χ0) is 15.6. The molecular formula is C16H14O5S. The van der Waals surface area contributed by atoms with E-state index >= 15 is 0 Å². The molecule has 5 nitrogen and oxygen atoms in total. The maximum absolute atomic E-state index is 12.3. The molecular weight excluding hydrogens is 304 g/mol. The number of benzene rings is 2. The van der Waals surface area contributed by atoms with Crippen LogP contribution in [0.4, 0.5) is 0 Å². The van der Waals surface area contributed by atoms with Gasteiger partial charge in [0.2, 0.25) is 9.84 Å². The second kappa shape index (κ2) is 5.90. The summed E-state index contributed by atoms with van der Waals surface area (Å²) in [6, 6.07) is 16.6. The van der Waals surface area contributed by atoms with Gasteiger partial charge in [0.15, 0.2) is 5.44 Å². The second-order valence-corrected chi connectivity index (χ2v) is 6.89. The summed E-state index contributed by atoms with van der Waals surface area (Å²) in [4.78, 5) is 12.0. The van der Waals surface area contributed by atoms with Gasteiger partial charge in [0.25, 0.3) is 0 Å². The largest absolute Gasteiger partial charge is 0.459 e. The van der Waals surface area contributed by atoms with Gasteiger partial charge >= 0.3 is 5.97 Å². The van der Waals surface area contributed by atoms with Crippen molar-refractivity contribution < 1.29 is 22.7 Å². The van der Waals surface area contributed by atoms with Crippen LogP contribution in [0.15, 0.2) is 65.6 Å². The first kappa shape index (κ1) is 14.7. The van der Waals surface area contributed by atoms with Crippen molar-refractivity contribution in [1.82, 2.24) is 0 Å². The highest BCUT2D eigenvalue weighted by atomic mass is 32.2. The number of ether oxygens (including phenoxy) is 2. The Bertz CT molecular complexity index is 756. The van der Waals surface area contributed by atoms with Crippen LogP contribution in [0.3, 0.4) is 0 Å². The van der Waals surface area contributed by atoms with E-state index in [1.165, 1.54) is 12.1 Å². The van der Waals surface area contributed by atoms with E-state index in [1.54, 1.807) is 48.5 Å². The van der Waals surface area contributed by atoms with Crippen LogP contribution in [0.2, 0.25) is 0 Å². The molecule has 2 aromatic rings. The summed E-state index contributed by atoms with van der Waals surface area (Å²) in [5, 5.41) is 0. The van der Waals surface area contributed by atoms with Gasteiger partial charge in [0.1, 0.15) is 12.7 Å². The fourth-order valence-electron chi connectivity index (χ4n) is 2.08. The van der Waals surface area contributed by atoms with Crippen molar-refractivity contribution in [3.05, 3.63) is 66.2 Å². The van der Waals surface area contributed by atoms with Gasteiger partial charge in [-0.2, -0.15) is 0 Å². The van der Waals surface area contributed by atoms with E-state index in [1.807, 2.05) is 0 Å². The molecule has 114 valence electrons. The first-order chi connectivity index (χ1) is 10.6. The minimum atomic E-state index is -3.54. The average molecular weight is 318 g/mol. The number of rotatable bonds is 5. The topological polar surface area (TPSA) is 73.0 Å². The minimum absolute atomic E-state index is 0.0789. The van der Waals surface area contributed by atoms with E-state index in [2.05, 4.69) is 0 Å². The lowest BCUT2D eigenvalue weighted by molar-refractivity contribution is 0.0476. The molecule has 0 spiro atoms. The van der Waals surface area contributed by atoms with E-state index in [0.717, 1.165) is 0 Å². The van der Waals surface area contributed by atoms with E-state index in [4.69, 9.17) is 9.47 Å². The summed E-state index contributed by atoms with van der Waals surface area (Å²) in [7, 11) is -3.54.